The first-order valence-corrected chi connectivity index (χ1v) is 6.84. The van der Waals surface area contributed by atoms with Gasteiger partial charge in [0.15, 0.2) is 0 Å². The van der Waals surface area contributed by atoms with E-state index in [0.29, 0.717) is 11.4 Å². The number of fused-ring (bicyclic) bond motifs is 1. The number of hydrogen-bond donors (Lipinski definition) is 1. The highest BCUT2D eigenvalue weighted by molar-refractivity contribution is 6.09. The van der Waals surface area contributed by atoms with E-state index in [9.17, 15) is 4.79 Å². The molecule has 3 rings (SSSR count). The molecule has 1 aromatic carbocycles. The second kappa shape index (κ2) is 5.33. The van der Waals surface area contributed by atoms with Gasteiger partial charge in [0.25, 0.3) is 5.91 Å². The summed E-state index contributed by atoms with van der Waals surface area (Å²) in [6.45, 7) is 0.758. The van der Waals surface area contributed by atoms with Crippen LogP contribution < -0.4 is 10.2 Å². The second-order valence-corrected chi connectivity index (χ2v) is 4.84. The van der Waals surface area contributed by atoms with Crippen LogP contribution in [0.15, 0.2) is 42.6 Å². The van der Waals surface area contributed by atoms with E-state index >= 15 is 0 Å². The molecule has 1 amide bonds. The van der Waals surface area contributed by atoms with Gasteiger partial charge in [-0.3, -0.25) is 4.79 Å². The van der Waals surface area contributed by atoms with Crippen LogP contribution in [-0.2, 0) is 6.42 Å². The molecule has 4 heteroatoms. The number of nitrogens with one attached hydrogen (secondary N) is 1. The predicted octanol–water partition coefficient (Wildman–Crippen LogP) is 2.72. The van der Waals surface area contributed by atoms with E-state index < -0.39 is 0 Å². The minimum Gasteiger partial charge on any atom is -0.372 e. The maximum Gasteiger partial charge on any atom is 0.262 e. The Kier molecular flexibility index (Phi) is 3.37. The van der Waals surface area contributed by atoms with E-state index in [2.05, 4.69) is 16.4 Å². The van der Waals surface area contributed by atoms with Gasteiger partial charge in [0, 0.05) is 25.5 Å². The molecule has 0 saturated carbocycles. The lowest BCUT2D eigenvalue weighted by molar-refractivity contribution is 0.0985. The van der Waals surface area contributed by atoms with Gasteiger partial charge < -0.3 is 10.2 Å². The van der Waals surface area contributed by atoms with Gasteiger partial charge in [0.2, 0.25) is 0 Å². The highest BCUT2D eigenvalue weighted by atomic mass is 16.2. The summed E-state index contributed by atoms with van der Waals surface area (Å²) in [7, 11) is 1.78. The van der Waals surface area contributed by atoms with Crippen LogP contribution in [0.1, 0.15) is 22.3 Å². The summed E-state index contributed by atoms with van der Waals surface area (Å²) in [5.41, 5.74) is 2.88. The topological polar surface area (TPSA) is 45.2 Å². The number of nitrogens with zero attached hydrogens (tertiary/aromatic N) is 2. The molecule has 102 valence electrons. The SMILES string of the molecule is CNc1ncccc1C(=O)N1CCCc2ccccc21. The minimum absolute atomic E-state index is 0.00889. The van der Waals surface area contributed by atoms with Crippen LogP contribution in [0.5, 0.6) is 0 Å². The monoisotopic (exact) mass is 267 g/mol. The van der Waals surface area contributed by atoms with E-state index in [1.165, 1.54) is 5.56 Å². The van der Waals surface area contributed by atoms with Crippen LogP contribution in [0.2, 0.25) is 0 Å². The maximum atomic E-state index is 12.8. The van der Waals surface area contributed by atoms with E-state index in [-0.39, 0.29) is 5.91 Å². The molecule has 1 aliphatic rings. The van der Waals surface area contributed by atoms with Gasteiger partial charge in [0.05, 0.1) is 5.56 Å². The molecule has 4 nitrogen and oxygen atoms in total. The molecule has 0 atom stereocenters. The van der Waals surface area contributed by atoms with Gasteiger partial charge in [-0.1, -0.05) is 18.2 Å². The molecule has 1 aromatic heterocycles. The Balaban J connectivity index is 2.00. The summed E-state index contributed by atoms with van der Waals surface area (Å²) in [6.07, 6.45) is 3.72. The van der Waals surface area contributed by atoms with E-state index in [1.54, 1.807) is 19.3 Å². The first-order valence-electron chi connectivity index (χ1n) is 6.84. The molecule has 0 spiro atoms. The number of carbonyl (C=O) groups excluding carboxylic acids is 1. The Morgan fingerprint density at radius 2 is 2.10 bits per heavy atom. The van der Waals surface area contributed by atoms with Gasteiger partial charge in [-0.2, -0.15) is 0 Å². The summed E-state index contributed by atoms with van der Waals surface area (Å²) in [4.78, 5) is 18.9. The number of para-hydroxylation sites is 1. The largest absolute Gasteiger partial charge is 0.372 e. The molecule has 0 fully saturated rings. The number of rotatable bonds is 2. The fraction of sp³-hybridized carbons (Fsp3) is 0.250. The van der Waals surface area contributed by atoms with Gasteiger partial charge in [0.1, 0.15) is 5.82 Å². The number of anilines is 2. The number of carbonyl (C=O) groups is 1. The number of hydrogen-bond acceptors (Lipinski definition) is 3. The Morgan fingerprint density at radius 1 is 1.25 bits per heavy atom. The molecule has 1 aliphatic heterocycles. The Labute approximate surface area is 118 Å². The molecule has 2 aromatic rings. The van der Waals surface area contributed by atoms with Crippen molar-refractivity contribution in [1.82, 2.24) is 4.98 Å². The lowest BCUT2D eigenvalue weighted by atomic mass is 10.0. The van der Waals surface area contributed by atoms with Gasteiger partial charge in [-0.15, -0.1) is 0 Å². The van der Waals surface area contributed by atoms with Gasteiger partial charge in [-0.25, -0.2) is 4.98 Å². The second-order valence-electron chi connectivity index (χ2n) is 4.84. The van der Waals surface area contributed by atoms with Gasteiger partial charge in [-0.05, 0) is 36.6 Å². The standard InChI is InChI=1S/C16H17N3O/c1-17-15-13(8-4-10-18-15)16(20)19-11-5-7-12-6-2-3-9-14(12)19/h2-4,6,8-10H,5,7,11H2,1H3,(H,17,18). The fourth-order valence-electron chi connectivity index (χ4n) is 2.67. The number of aryl methyl sites for hydroxylation is 1. The third-order valence-corrected chi connectivity index (χ3v) is 3.63. The van der Waals surface area contributed by atoms with Crippen LogP contribution in [0.3, 0.4) is 0 Å². The molecule has 0 bridgehead atoms. The highest BCUT2D eigenvalue weighted by Crippen LogP contribution is 2.28. The van der Waals surface area contributed by atoms with Crippen molar-refractivity contribution < 1.29 is 4.79 Å². The first-order chi connectivity index (χ1) is 9.81. The molecular weight excluding hydrogens is 250 g/mol. The quantitative estimate of drug-likeness (QED) is 0.910. The number of benzene rings is 1. The van der Waals surface area contributed by atoms with Crippen molar-refractivity contribution in [3.63, 3.8) is 0 Å². The summed E-state index contributed by atoms with van der Waals surface area (Å²) < 4.78 is 0. The van der Waals surface area contributed by atoms with Crippen LogP contribution >= 0.6 is 0 Å². The smallest absolute Gasteiger partial charge is 0.262 e. The molecule has 20 heavy (non-hydrogen) atoms. The third-order valence-electron chi connectivity index (χ3n) is 3.63. The molecule has 0 saturated heterocycles. The zero-order chi connectivity index (χ0) is 13.9. The lowest BCUT2D eigenvalue weighted by Gasteiger charge is -2.29. The molecule has 0 unspecified atom stereocenters. The molecule has 0 radical (unpaired) electrons. The molecule has 1 N–H and O–H groups in total. The first kappa shape index (κ1) is 12.7. The Morgan fingerprint density at radius 3 is 2.95 bits per heavy atom. The number of pyridine rings is 1. The minimum atomic E-state index is 0.00889. The normalized spacial score (nSPS) is 13.8. The van der Waals surface area contributed by atoms with Crippen LogP contribution in [0, 0.1) is 0 Å². The zero-order valence-electron chi connectivity index (χ0n) is 11.5. The highest BCUT2D eigenvalue weighted by Gasteiger charge is 2.24. The zero-order valence-corrected chi connectivity index (χ0v) is 11.5. The Hall–Kier alpha value is -2.36. The van der Waals surface area contributed by atoms with Crippen molar-refractivity contribution in [3.8, 4) is 0 Å². The predicted molar refractivity (Wildman–Crippen MR) is 80.2 cm³/mol. The van der Waals surface area contributed by atoms with Crippen molar-refractivity contribution in [3.05, 3.63) is 53.7 Å². The summed E-state index contributed by atoms with van der Waals surface area (Å²) in [5, 5.41) is 2.98. The van der Waals surface area contributed by atoms with Gasteiger partial charge >= 0.3 is 0 Å². The van der Waals surface area contributed by atoms with Crippen LogP contribution in [0.4, 0.5) is 11.5 Å². The van der Waals surface area contributed by atoms with E-state index in [0.717, 1.165) is 25.1 Å². The van der Waals surface area contributed by atoms with Crippen molar-refractivity contribution in [2.45, 2.75) is 12.8 Å². The maximum absolute atomic E-state index is 12.8. The molecule has 0 aliphatic carbocycles. The van der Waals surface area contributed by atoms with E-state index in [4.69, 9.17) is 0 Å². The van der Waals surface area contributed by atoms with Crippen molar-refractivity contribution in [2.24, 2.45) is 0 Å². The van der Waals surface area contributed by atoms with Crippen molar-refractivity contribution in [2.75, 3.05) is 23.8 Å². The average molecular weight is 267 g/mol. The lowest BCUT2D eigenvalue weighted by Crippen LogP contribution is -2.35. The van der Waals surface area contributed by atoms with Crippen molar-refractivity contribution in [1.29, 1.82) is 0 Å². The molecule has 2 heterocycles. The third kappa shape index (κ3) is 2.13. The van der Waals surface area contributed by atoms with Crippen molar-refractivity contribution >= 4 is 17.4 Å². The molecular formula is C16H17N3O. The van der Waals surface area contributed by atoms with Crippen LogP contribution in [0.25, 0.3) is 0 Å². The summed E-state index contributed by atoms with van der Waals surface area (Å²) >= 11 is 0. The summed E-state index contributed by atoms with van der Waals surface area (Å²) in [6, 6.07) is 11.7. The average Bonchev–Trinajstić information content (AvgIpc) is 2.53. The van der Waals surface area contributed by atoms with Crippen LogP contribution in [-0.4, -0.2) is 24.5 Å². The van der Waals surface area contributed by atoms with E-state index in [1.807, 2.05) is 29.2 Å². The number of aromatic nitrogens is 1. The number of amides is 1. The summed E-state index contributed by atoms with van der Waals surface area (Å²) in [5.74, 6) is 0.634. The fourth-order valence-corrected chi connectivity index (χ4v) is 2.67. The Bertz CT molecular complexity index is 639.